The number of carbonyl (C=O) groups excluding carboxylic acids is 1. The molecule has 2 N–H and O–H groups in total. The largest absolute Gasteiger partial charge is 0.444 e. The van der Waals surface area contributed by atoms with E-state index < -0.39 is 5.60 Å². The quantitative estimate of drug-likeness (QED) is 0.793. The molecule has 2 heterocycles. The molecule has 0 atom stereocenters. The molecule has 1 fully saturated rings. The fourth-order valence-corrected chi connectivity index (χ4v) is 1.96. The molecule has 0 spiro atoms. The van der Waals surface area contributed by atoms with Gasteiger partial charge in [0.2, 0.25) is 0 Å². The lowest BCUT2D eigenvalue weighted by Gasteiger charge is -2.40. The van der Waals surface area contributed by atoms with Crippen molar-refractivity contribution in [3.63, 3.8) is 0 Å². The Labute approximate surface area is 124 Å². The molecule has 1 aromatic heterocycles. The Morgan fingerprint density at radius 1 is 1.52 bits per heavy atom. The fourth-order valence-electron chi connectivity index (χ4n) is 1.96. The van der Waals surface area contributed by atoms with Crippen molar-refractivity contribution in [1.29, 1.82) is 0 Å². The van der Waals surface area contributed by atoms with Gasteiger partial charge in [-0.25, -0.2) is 9.48 Å². The first-order valence-electron chi connectivity index (χ1n) is 7.08. The number of amides is 1. The van der Waals surface area contributed by atoms with Gasteiger partial charge in [-0.1, -0.05) is 5.21 Å². The van der Waals surface area contributed by atoms with Gasteiger partial charge < -0.3 is 20.1 Å². The number of hydrogen-bond acceptors (Lipinski definition) is 6. The predicted octanol–water partition coefficient (Wildman–Crippen LogP) is -0.0207. The van der Waals surface area contributed by atoms with E-state index in [1.54, 1.807) is 15.8 Å². The van der Waals surface area contributed by atoms with E-state index in [1.807, 2.05) is 20.8 Å². The molecule has 0 saturated carbocycles. The minimum Gasteiger partial charge on any atom is -0.444 e. The van der Waals surface area contributed by atoms with Crippen LogP contribution in [0.25, 0.3) is 0 Å². The van der Waals surface area contributed by atoms with Crippen molar-refractivity contribution >= 4 is 6.09 Å². The van der Waals surface area contributed by atoms with Crippen LogP contribution in [0.3, 0.4) is 0 Å². The summed E-state index contributed by atoms with van der Waals surface area (Å²) in [5.41, 5.74) is 0.361. The summed E-state index contributed by atoms with van der Waals surface area (Å²) in [6.45, 7) is 7.94. The maximum atomic E-state index is 11.8. The van der Waals surface area contributed by atoms with E-state index in [-0.39, 0.29) is 18.7 Å². The number of aliphatic hydroxyl groups is 1. The lowest BCUT2D eigenvalue weighted by atomic mass is 10.1. The molecule has 0 aromatic carbocycles. The maximum absolute atomic E-state index is 11.8. The minimum absolute atomic E-state index is 0.0453. The second-order valence-corrected chi connectivity index (χ2v) is 6.16. The normalized spacial score (nSPS) is 15.9. The van der Waals surface area contributed by atoms with Gasteiger partial charge in [0, 0.05) is 31.9 Å². The zero-order valence-electron chi connectivity index (χ0n) is 12.7. The molecule has 0 aliphatic carbocycles. The maximum Gasteiger partial charge on any atom is 0.410 e. The summed E-state index contributed by atoms with van der Waals surface area (Å²) >= 11 is 0. The van der Waals surface area contributed by atoms with Crippen molar-refractivity contribution in [2.75, 3.05) is 19.7 Å². The smallest absolute Gasteiger partial charge is 0.410 e. The van der Waals surface area contributed by atoms with Crippen LogP contribution in [-0.4, -0.2) is 62.4 Å². The Morgan fingerprint density at radius 2 is 2.24 bits per heavy atom. The molecule has 1 aliphatic rings. The number of nitrogens with one attached hydrogen (secondary N) is 1. The Bertz CT molecular complexity index is 476. The van der Waals surface area contributed by atoms with Gasteiger partial charge in [0.1, 0.15) is 5.60 Å². The van der Waals surface area contributed by atoms with E-state index in [1.165, 1.54) is 0 Å². The molecular formula is C13H23N5O3. The first-order chi connectivity index (χ1) is 9.87. The molecule has 8 heteroatoms. The molecule has 1 saturated heterocycles. The molecule has 21 heavy (non-hydrogen) atoms. The highest BCUT2D eigenvalue weighted by Crippen LogP contribution is 2.15. The molecule has 1 aliphatic heterocycles. The highest BCUT2D eigenvalue weighted by Gasteiger charge is 2.33. The summed E-state index contributed by atoms with van der Waals surface area (Å²) in [4.78, 5) is 13.4. The van der Waals surface area contributed by atoms with Crippen molar-refractivity contribution in [3.05, 3.63) is 11.9 Å². The Kier molecular flexibility index (Phi) is 4.79. The van der Waals surface area contributed by atoms with Gasteiger partial charge in [0.05, 0.1) is 18.8 Å². The van der Waals surface area contributed by atoms with Gasteiger partial charge in [-0.3, -0.25) is 0 Å². The summed E-state index contributed by atoms with van der Waals surface area (Å²) in [5.74, 6) is 0. The first kappa shape index (κ1) is 15.7. The SMILES string of the molecule is CC(C)(C)OC(=O)N1CC(NCc2cn(CCO)nn2)C1. The average molecular weight is 297 g/mol. The van der Waals surface area contributed by atoms with E-state index in [0.29, 0.717) is 26.2 Å². The van der Waals surface area contributed by atoms with Crippen LogP contribution >= 0.6 is 0 Å². The van der Waals surface area contributed by atoms with E-state index in [2.05, 4.69) is 15.6 Å². The molecule has 2 rings (SSSR count). The number of rotatable bonds is 5. The zero-order valence-corrected chi connectivity index (χ0v) is 12.7. The van der Waals surface area contributed by atoms with Crippen molar-refractivity contribution in [3.8, 4) is 0 Å². The summed E-state index contributed by atoms with van der Waals surface area (Å²) in [6, 6.07) is 0.250. The number of carbonyl (C=O) groups is 1. The lowest BCUT2D eigenvalue weighted by Crippen LogP contribution is -2.60. The van der Waals surface area contributed by atoms with Crippen LogP contribution in [0, 0.1) is 0 Å². The number of aliphatic hydroxyl groups excluding tert-OH is 1. The van der Waals surface area contributed by atoms with Crippen molar-refractivity contribution in [2.45, 2.75) is 45.5 Å². The van der Waals surface area contributed by atoms with E-state index in [4.69, 9.17) is 9.84 Å². The van der Waals surface area contributed by atoms with Gasteiger partial charge in [0.15, 0.2) is 0 Å². The van der Waals surface area contributed by atoms with Crippen molar-refractivity contribution in [1.82, 2.24) is 25.2 Å². The average Bonchev–Trinajstić information content (AvgIpc) is 2.73. The Morgan fingerprint density at radius 3 is 2.86 bits per heavy atom. The molecule has 1 aromatic rings. The Balaban J connectivity index is 1.67. The van der Waals surface area contributed by atoms with Gasteiger partial charge in [-0.2, -0.15) is 0 Å². The standard InChI is InChI=1S/C13H23N5O3/c1-13(2,3)21-12(20)17-7-11(8-17)14-6-10-9-18(4-5-19)16-15-10/h9,11,14,19H,4-8H2,1-3H3. The third-order valence-corrected chi connectivity index (χ3v) is 3.02. The van der Waals surface area contributed by atoms with Crippen LogP contribution in [0.15, 0.2) is 6.20 Å². The molecule has 0 unspecified atom stereocenters. The monoisotopic (exact) mass is 297 g/mol. The summed E-state index contributed by atoms with van der Waals surface area (Å²) in [7, 11) is 0. The summed E-state index contributed by atoms with van der Waals surface area (Å²) in [6.07, 6.45) is 1.53. The third-order valence-electron chi connectivity index (χ3n) is 3.02. The topological polar surface area (TPSA) is 92.5 Å². The molecule has 0 radical (unpaired) electrons. The van der Waals surface area contributed by atoms with Gasteiger partial charge in [0.25, 0.3) is 0 Å². The number of aromatic nitrogens is 3. The lowest BCUT2D eigenvalue weighted by molar-refractivity contribution is 0.00516. The number of ether oxygens (including phenoxy) is 1. The van der Waals surface area contributed by atoms with E-state index in [9.17, 15) is 4.79 Å². The minimum atomic E-state index is -0.458. The third kappa shape index (κ3) is 4.68. The van der Waals surface area contributed by atoms with Crippen LogP contribution in [0.4, 0.5) is 4.79 Å². The van der Waals surface area contributed by atoms with Crippen LogP contribution in [0.5, 0.6) is 0 Å². The van der Waals surface area contributed by atoms with Crippen LogP contribution in [0.1, 0.15) is 26.5 Å². The Hall–Kier alpha value is -1.67. The summed E-state index contributed by atoms with van der Waals surface area (Å²) < 4.78 is 6.89. The number of likely N-dealkylation sites (tertiary alicyclic amines) is 1. The van der Waals surface area contributed by atoms with Crippen molar-refractivity contribution in [2.24, 2.45) is 0 Å². The van der Waals surface area contributed by atoms with Gasteiger partial charge >= 0.3 is 6.09 Å². The molecule has 118 valence electrons. The van der Waals surface area contributed by atoms with Crippen LogP contribution in [-0.2, 0) is 17.8 Å². The molecular weight excluding hydrogens is 274 g/mol. The second kappa shape index (κ2) is 6.40. The second-order valence-electron chi connectivity index (χ2n) is 6.16. The molecule has 8 nitrogen and oxygen atoms in total. The molecule has 0 bridgehead atoms. The molecule has 1 amide bonds. The van der Waals surface area contributed by atoms with Crippen molar-refractivity contribution < 1.29 is 14.6 Å². The number of hydrogen-bond donors (Lipinski definition) is 2. The first-order valence-corrected chi connectivity index (χ1v) is 7.08. The predicted molar refractivity (Wildman–Crippen MR) is 75.5 cm³/mol. The zero-order chi connectivity index (χ0) is 15.5. The van der Waals surface area contributed by atoms with E-state index >= 15 is 0 Å². The highest BCUT2D eigenvalue weighted by atomic mass is 16.6. The van der Waals surface area contributed by atoms with Crippen LogP contribution < -0.4 is 5.32 Å². The van der Waals surface area contributed by atoms with Crippen LogP contribution in [0.2, 0.25) is 0 Å². The highest BCUT2D eigenvalue weighted by molar-refractivity contribution is 5.69. The van der Waals surface area contributed by atoms with E-state index in [0.717, 1.165) is 5.69 Å². The number of nitrogens with zero attached hydrogens (tertiary/aromatic N) is 4. The fraction of sp³-hybridized carbons (Fsp3) is 0.769. The van der Waals surface area contributed by atoms with Gasteiger partial charge in [-0.05, 0) is 20.8 Å². The van der Waals surface area contributed by atoms with Gasteiger partial charge in [-0.15, -0.1) is 5.10 Å². The summed E-state index contributed by atoms with van der Waals surface area (Å²) in [5, 5.41) is 20.0.